The first-order valence-corrected chi connectivity index (χ1v) is 11.3. The monoisotopic (exact) mass is 429 g/mol. The fourth-order valence-electron chi connectivity index (χ4n) is 2.57. The van der Waals surface area contributed by atoms with Crippen LogP contribution in [0, 0.1) is 0 Å². The Hall–Kier alpha value is -2.33. The molecule has 5 N–H and O–H groups in total. The molecule has 0 fully saturated rings. The third kappa shape index (κ3) is 10.7. The van der Waals surface area contributed by atoms with E-state index in [4.69, 9.17) is 15.7 Å². The summed E-state index contributed by atoms with van der Waals surface area (Å²) in [6, 6.07) is 5.71. The standard InChI is InChI=1S/C19H31N3O6S/c1-2-3-13-29(26,27)22-17(19(23)24)14-15-8-10-16(11-9-15)28-12-6-4-5-7-18(20)21-25/h8-11,17,22,25H,2-7,12-14H2,1H3,(H2,20,21)(H,23,24)/t17-/m0/s1. The van der Waals surface area contributed by atoms with Crippen molar-refractivity contribution in [1.29, 1.82) is 0 Å². The van der Waals surface area contributed by atoms with E-state index < -0.39 is 22.0 Å². The van der Waals surface area contributed by atoms with Crippen molar-refractivity contribution in [2.75, 3.05) is 12.4 Å². The van der Waals surface area contributed by atoms with Gasteiger partial charge in [-0.05, 0) is 49.8 Å². The molecule has 0 spiro atoms. The van der Waals surface area contributed by atoms with Crippen molar-refractivity contribution in [3.63, 3.8) is 0 Å². The first-order valence-electron chi connectivity index (χ1n) is 9.68. The molecular weight excluding hydrogens is 398 g/mol. The van der Waals surface area contributed by atoms with E-state index in [1.165, 1.54) is 0 Å². The number of benzene rings is 1. The van der Waals surface area contributed by atoms with E-state index in [2.05, 4.69) is 9.88 Å². The maximum absolute atomic E-state index is 12.0. The summed E-state index contributed by atoms with van der Waals surface area (Å²) in [6.45, 7) is 2.39. The average molecular weight is 430 g/mol. The minimum atomic E-state index is -3.63. The molecule has 10 heteroatoms. The number of nitrogens with zero attached hydrogens (tertiary/aromatic N) is 1. The van der Waals surface area contributed by atoms with Crippen molar-refractivity contribution in [2.24, 2.45) is 10.9 Å². The number of unbranched alkanes of at least 4 members (excludes halogenated alkanes) is 3. The minimum Gasteiger partial charge on any atom is -0.494 e. The summed E-state index contributed by atoms with van der Waals surface area (Å²) < 4.78 is 31.9. The summed E-state index contributed by atoms with van der Waals surface area (Å²) >= 11 is 0. The van der Waals surface area contributed by atoms with E-state index in [-0.39, 0.29) is 18.0 Å². The van der Waals surface area contributed by atoms with Crippen LogP contribution in [0.25, 0.3) is 0 Å². The number of carboxylic acid groups (broad SMARTS) is 1. The molecule has 1 aromatic carbocycles. The normalized spacial score (nSPS) is 13.2. The summed E-state index contributed by atoms with van der Waals surface area (Å²) in [6.07, 6.45) is 4.30. The van der Waals surface area contributed by atoms with Crippen molar-refractivity contribution in [1.82, 2.24) is 4.72 Å². The quantitative estimate of drug-likeness (QED) is 0.109. The minimum absolute atomic E-state index is 0.0504. The molecule has 0 aliphatic rings. The smallest absolute Gasteiger partial charge is 0.322 e. The van der Waals surface area contributed by atoms with Gasteiger partial charge in [0.2, 0.25) is 10.0 Å². The van der Waals surface area contributed by atoms with Crippen LogP contribution in [0.1, 0.15) is 51.0 Å². The van der Waals surface area contributed by atoms with Gasteiger partial charge in [-0.25, -0.2) is 13.1 Å². The second-order valence-corrected chi connectivity index (χ2v) is 8.65. The molecule has 9 nitrogen and oxygen atoms in total. The first-order chi connectivity index (χ1) is 13.8. The first kappa shape index (κ1) is 24.7. The van der Waals surface area contributed by atoms with Gasteiger partial charge in [0.05, 0.1) is 12.4 Å². The zero-order valence-electron chi connectivity index (χ0n) is 16.7. The van der Waals surface area contributed by atoms with E-state index in [1.54, 1.807) is 24.3 Å². The summed E-state index contributed by atoms with van der Waals surface area (Å²) in [5, 5.41) is 20.7. The Balaban J connectivity index is 2.47. The van der Waals surface area contributed by atoms with Crippen molar-refractivity contribution in [3.8, 4) is 5.75 Å². The summed E-state index contributed by atoms with van der Waals surface area (Å²) in [5.41, 5.74) is 6.09. The van der Waals surface area contributed by atoms with Gasteiger partial charge < -0.3 is 20.8 Å². The van der Waals surface area contributed by atoms with Crippen molar-refractivity contribution < 1.29 is 28.3 Å². The molecule has 0 aromatic heterocycles. The van der Waals surface area contributed by atoms with Gasteiger partial charge in [-0.15, -0.1) is 0 Å². The van der Waals surface area contributed by atoms with Crippen molar-refractivity contribution in [2.45, 2.75) is 57.9 Å². The molecule has 1 atom stereocenters. The van der Waals surface area contributed by atoms with E-state index in [9.17, 15) is 18.3 Å². The molecular formula is C19H31N3O6S. The lowest BCUT2D eigenvalue weighted by Gasteiger charge is -2.15. The van der Waals surface area contributed by atoms with Gasteiger partial charge in [0.25, 0.3) is 0 Å². The molecule has 1 rings (SSSR count). The molecule has 164 valence electrons. The highest BCUT2D eigenvalue weighted by Gasteiger charge is 2.24. The van der Waals surface area contributed by atoms with E-state index >= 15 is 0 Å². The summed E-state index contributed by atoms with van der Waals surface area (Å²) in [5.74, 6) is -0.425. The van der Waals surface area contributed by atoms with Gasteiger partial charge in [-0.1, -0.05) is 30.6 Å². The van der Waals surface area contributed by atoms with Crippen LogP contribution < -0.4 is 15.2 Å². The fourth-order valence-corrected chi connectivity index (χ4v) is 3.98. The number of aliphatic carboxylic acids is 1. The number of amidine groups is 1. The number of hydrogen-bond acceptors (Lipinski definition) is 6. The Bertz CT molecular complexity index is 750. The Morgan fingerprint density at radius 2 is 1.90 bits per heavy atom. The number of sulfonamides is 1. The average Bonchev–Trinajstić information content (AvgIpc) is 2.69. The topological polar surface area (TPSA) is 151 Å². The fraction of sp³-hybridized carbons (Fsp3) is 0.579. The number of carbonyl (C=O) groups is 1. The van der Waals surface area contributed by atoms with E-state index in [1.807, 2.05) is 6.92 Å². The molecule has 1 aromatic rings. The highest BCUT2D eigenvalue weighted by molar-refractivity contribution is 7.89. The second-order valence-electron chi connectivity index (χ2n) is 6.78. The van der Waals surface area contributed by atoms with Crippen LogP contribution in [-0.4, -0.2) is 48.9 Å². The van der Waals surface area contributed by atoms with Crippen LogP contribution >= 0.6 is 0 Å². The van der Waals surface area contributed by atoms with Crippen LogP contribution in [0.3, 0.4) is 0 Å². The Labute approximate surface area is 172 Å². The number of carboxylic acids is 1. The maximum Gasteiger partial charge on any atom is 0.322 e. The van der Waals surface area contributed by atoms with Gasteiger partial charge in [-0.2, -0.15) is 0 Å². The number of ether oxygens (including phenoxy) is 1. The third-order valence-electron chi connectivity index (χ3n) is 4.22. The molecule has 0 saturated heterocycles. The maximum atomic E-state index is 12.0. The number of rotatable bonds is 15. The molecule has 29 heavy (non-hydrogen) atoms. The van der Waals surface area contributed by atoms with Crippen molar-refractivity contribution >= 4 is 21.8 Å². The highest BCUT2D eigenvalue weighted by Crippen LogP contribution is 2.15. The van der Waals surface area contributed by atoms with E-state index in [0.29, 0.717) is 37.2 Å². The zero-order valence-corrected chi connectivity index (χ0v) is 17.5. The Kier molecular flexibility index (Phi) is 11.1. The molecule has 0 unspecified atom stereocenters. The highest BCUT2D eigenvalue weighted by atomic mass is 32.2. The Morgan fingerprint density at radius 3 is 2.48 bits per heavy atom. The lowest BCUT2D eigenvalue weighted by Crippen LogP contribution is -2.43. The molecule has 0 aliphatic heterocycles. The van der Waals surface area contributed by atoms with Gasteiger partial charge in [0.1, 0.15) is 17.6 Å². The second kappa shape index (κ2) is 13.0. The number of hydrogen-bond donors (Lipinski definition) is 4. The lowest BCUT2D eigenvalue weighted by atomic mass is 10.1. The van der Waals surface area contributed by atoms with Crippen LogP contribution in [0.4, 0.5) is 0 Å². The van der Waals surface area contributed by atoms with Crippen LogP contribution in [0.5, 0.6) is 5.75 Å². The molecule has 0 amide bonds. The van der Waals surface area contributed by atoms with E-state index in [0.717, 1.165) is 19.3 Å². The molecule has 0 radical (unpaired) electrons. The predicted molar refractivity (Wildman–Crippen MR) is 111 cm³/mol. The molecule has 0 saturated carbocycles. The van der Waals surface area contributed by atoms with Crippen LogP contribution in [0.2, 0.25) is 0 Å². The predicted octanol–water partition coefficient (Wildman–Crippen LogP) is 2.09. The number of oxime groups is 1. The molecule has 0 bridgehead atoms. The van der Waals surface area contributed by atoms with Crippen molar-refractivity contribution in [3.05, 3.63) is 29.8 Å². The van der Waals surface area contributed by atoms with Gasteiger partial charge in [0.15, 0.2) is 0 Å². The SMILES string of the molecule is CCCCS(=O)(=O)N[C@@H](Cc1ccc(OCCCCCC(N)=NO)cc1)C(=O)O. The zero-order chi connectivity index (χ0) is 21.7. The summed E-state index contributed by atoms with van der Waals surface area (Å²) in [7, 11) is -3.63. The molecule has 0 aliphatic carbocycles. The summed E-state index contributed by atoms with van der Waals surface area (Å²) in [4.78, 5) is 11.4. The van der Waals surface area contributed by atoms with Gasteiger partial charge >= 0.3 is 5.97 Å². The number of nitrogens with one attached hydrogen (secondary N) is 1. The third-order valence-corrected chi connectivity index (χ3v) is 5.69. The largest absolute Gasteiger partial charge is 0.494 e. The van der Waals surface area contributed by atoms with Crippen LogP contribution in [-0.2, 0) is 21.2 Å². The van der Waals surface area contributed by atoms with Gasteiger partial charge in [-0.3, -0.25) is 4.79 Å². The molecule has 0 heterocycles. The number of nitrogens with two attached hydrogens (primary N) is 1. The van der Waals surface area contributed by atoms with Gasteiger partial charge in [0, 0.05) is 6.42 Å². The lowest BCUT2D eigenvalue weighted by molar-refractivity contribution is -0.138. The Morgan fingerprint density at radius 1 is 1.21 bits per heavy atom. The van der Waals surface area contributed by atoms with Crippen LogP contribution in [0.15, 0.2) is 29.4 Å².